The van der Waals surface area contributed by atoms with Crippen molar-refractivity contribution in [2.24, 2.45) is 5.73 Å². The van der Waals surface area contributed by atoms with Crippen LogP contribution < -0.4 is 5.73 Å². The number of hydrogen-bond acceptors (Lipinski definition) is 5. The van der Waals surface area contributed by atoms with Gasteiger partial charge < -0.3 is 15.0 Å². The summed E-state index contributed by atoms with van der Waals surface area (Å²) in [5.41, 5.74) is 5.96. The first kappa shape index (κ1) is 7.74. The molecule has 0 aliphatic carbocycles. The van der Waals surface area contributed by atoms with Crippen LogP contribution in [0.15, 0.2) is 10.8 Å². The molecule has 0 fully saturated rings. The van der Waals surface area contributed by atoms with Gasteiger partial charge in [0.2, 0.25) is 0 Å². The molecule has 0 atom stereocenters. The number of nitrogens with two attached hydrogens (primary N) is 1. The van der Waals surface area contributed by atoms with Gasteiger partial charge in [0.05, 0.1) is 7.11 Å². The van der Waals surface area contributed by atoms with Crippen LogP contribution in [-0.4, -0.2) is 18.2 Å². The van der Waals surface area contributed by atoms with Crippen molar-refractivity contribution >= 4 is 5.97 Å². The molecule has 2 N–H and O–H groups in total. The van der Waals surface area contributed by atoms with Crippen LogP contribution in [0.25, 0.3) is 0 Å². The molecule has 0 spiro atoms. The second-order valence-electron chi connectivity index (χ2n) is 1.87. The molecule has 5 heteroatoms. The topological polar surface area (TPSA) is 78.3 Å². The first-order valence-corrected chi connectivity index (χ1v) is 3.01. The molecule has 0 aliphatic rings. The summed E-state index contributed by atoms with van der Waals surface area (Å²) in [5, 5.41) is 3.50. The third kappa shape index (κ3) is 1.38. The Morgan fingerprint density at radius 3 is 3.18 bits per heavy atom. The summed E-state index contributed by atoms with van der Waals surface area (Å²) >= 11 is 0. The van der Waals surface area contributed by atoms with Crippen LogP contribution in [0.3, 0.4) is 0 Å². The van der Waals surface area contributed by atoms with Gasteiger partial charge in [0.25, 0.3) is 0 Å². The summed E-state index contributed by atoms with van der Waals surface area (Å²) in [5.74, 6) is -0.480. The monoisotopic (exact) mass is 156 g/mol. The number of ether oxygens (including phenoxy) is 1. The van der Waals surface area contributed by atoms with Crippen LogP contribution in [-0.2, 0) is 11.3 Å². The molecule has 0 aromatic carbocycles. The van der Waals surface area contributed by atoms with Crippen molar-refractivity contribution in [2.75, 3.05) is 7.11 Å². The SMILES string of the molecule is COC(=O)c1conc1CN. The zero-order valence-corrected chi connectivity index (χ0v) is 6.03. The Hall–Kier alpha value is -1.36. The second kappa shape index (κ2) is 3.16. The number of hydrogen-bond donors (Lipinski definition) is 1. The van der Waals surface area contributed by atoms with Crippen molar-refractivity contribution in [3.05, 3.63) is 17.5 Å². The molecule has 0 radical (unpaired) electrons. The lowest BCUT2D eigenvalue weighted by Gasteiger charge is -1.94. The highest BCUT2D eigenvalue weighted by atomic mass is 16.5. The van der Waals surface area contributed by atoms with Crippen molar-refractivity contribution < 1.29 is 14.1 Å². The van der Waals surface area contributed by atoms with Crippen molar-refractivity contribution in [3.63, 3.8) is 0 Å². The maximum absolute atomic E-state index is 10.9. The molecule has 0 saturated heterocycles. The summed E-state index contributed by atoms with van der Waals surface area (Å²) in [6.07, 6.45) is 1.22. The van der Waals surface area contributed by atoms with Crippen molar-refractivity contribution in [2.45, 2.75) is 6.54 Å². The highest BCUT2D eigenvalue weighted by Crippen LogP contribution is 2.06. The van der Waals surface area contributed by atoms with E-state index in [2.05, 4.69) is 14.4 Å². The second-order valence-corrected chi connectivity index (χ2v) is 1.87. The van der Waals surface area contributed by atoms with E-state index in [0.29, 0.717) is 5.69 Å². The molecule has 11 heavy (non-hydrogen) atoms. The normalized spacial score (nSPS) is 9.64. The number of carbonyl (C=O) groups is 1. The number of aromatic nitrogens is 1. The van der Waals surface area contributed by atoms with Gasteiger partial charge in [-0.15, -0.1) is 0 Å². The Balaban J connectivity index is 2.92. The Morgan fingerprint density at radius 2 is 2.64 bits per heavy atom. The van der Waals surface area contributed by atoms with Crippen LogP contribution in [0.2, 0.25) is 0 Å². The summed E-state index contributed by atoms with van der Waals surface area (Å²) in [4.78, 5) is 10.9. The van der Waals surface area contributed by atoms with E-state index in [1.54, 1.807) is 0 Å². The van der Waals surface area contributed by atoms with E-state index in [4.69, 9.17) is 5.73 Å². The van der Waals surface area contributed by atoms with Crippen LogP contribution in [0.4, 0.5) is 0 Å². The van der Waals surface area contributed by atoms with Gasteiger partial charge in [-0.2, -0.15) is 0 Å². The first-order chi connectivity index (χ1) is 5.29. The maximum atomic E-state index is 10.9. The Kier molecular flexibility index (Phi) is 2.22. The van der Waals surface area contributed by atoms with Crippen molar-refractivity contribution in [1.82, 2.24) is 5.16 Å². The fourth-order valence-electron chi connectivity index (χ4n) is 0.683. The van der Waals surface area contributed by atoms with Crippen LogP contribution >= 0.6 is 0 Å². The van der Waals surface area contributed by atoms with Gasteiger partial charge in [0.1, 0.15) is 17.5 Å². The van der Waals surface area contributed by atoms with E-state index in [1.807, 2.05) is 0 Å². The number of esters is 1. The van der Waals surface area contributed by atoms with Gasteiger partial charge in [-0.05, 0) is 0 Å². The van der Waals surface area contributed by atoms with E-state index in [9.17, 15) is 4.79 Å². The molecule has 0 unspecified atom stereocenters. The molecule has 1 heterocycles. The minimum atomic E-state index is -0.480. The minimum Gasteiger partial charge on any atom is -0.465 e. The fourth-order valence-corrected chi connectivity index (χ4v) is 0.683. The molecule has 0 bridgehead atoms. The van der Waals surface area contributed by atoms with Gasteiger partial charge in [0, 0.05) is 6.54 Å². The number of carbonyl (C=O) groups excluding carboxylic acids is 1. The molecule has 1 aromatic rings. The number of nitrogens with zero attached hydrogens (tertiary/aromatic N) is 1. The molecule has 60 valence electrons. The zero-order chi connectivity index (χ0) is 8.27. The van der Waals surface area contributed by atoms with E-state index in [0.717, 1.165) is 0 Å². The fraction of sp³-hybridized carbons (Fsp3) is 0.333. The van der Waals surface area contributed by atoms with Gasteiger partial charge >= 0.3 is 5.97 Å². The highest BCUT2D eigenvalue weighted by Gasteiger charge is 2.14. The summed E-state index contributed by atoms with van der Waals surface area (Å²) in [7, 11) is 1.29. The van der Waals surface area contributed by atoms with Gasteiger partial charge in [-0.1, -0.05) is 5.16 Å². The Bertz CT molecular complexity index is 256. The Labute approximate surface area is 63.1 Å². The lowest BCUT2D eigenvalue weighted by molar-refractivity contribution is 0.0599. The third-order valence-corrected chi connectivity index (χ3v) is 1.24. The van der Waals surface area contributed by atoms with Gasteiger partial charge in [-0.25, -0.2) is 4.79 Å². The molecular weight excluding hydrogens is 148 g/mol. The first-order valence-electron chi connectivity index (χ1n) is 3.01. The predicted octanol–water partition coefficient (Wildman–Crippen LogP) is -0.0801. The smallest absolute Gasteiger partial charge is 0.343 e. The average Bonchev–Trinajstić information content (AvgIpc) is 2.50. The highest BCUT2D eigenvalue weighted by molar-refractivity contribution is 5.89. The number of rotatable bonds is 2. The number of methoxy groups -OCH3 is 1. The standard InChI is InChI=1S/C6H8N2O3/c1-10-6(9)4-3-11-8-5(4)2-7/h3H,2,7H2,1H3. The predicted molar refractivity (Wildman–Crippen MR) is 35.7 cm³/mol. The lowest BCUT2D eigenvalue weighted by atomic mass is 10.2. The minimum absolute atomic E-state index is 0.168. The van der Waals surface area contributed by atoms with Crippen molar-refractivity contribution in [3.8, 4) is 0 Å². The van der Waals surface area contributed by atoms with E-state index >= 15 is 0 Å². The molecule has 1 aromatic heterocycles. The quantitative estimate of drug-likeness (QED) is 0.606. The van der Waals surface area contributed by atoms with E-state index in [-0.39, 0.29) is 12.1 Å². The average molecular weight is 156 g/mol. The Morgan fingerprint density at radius 1 is 1.91 bits per heavy atom. The molecule has 0 aliphatic heterocycles. The van der Waals surface area contributed by atoms with Gasteiger partial charge in [-0.3, -0.25) is 0 Å². The molecule has 0 amide bonds. The van der Waals surface area contributed by atoms with Crippen LogP contribution in [0, 0.1) is 0 Å². The maximum Gasteiger partial charge on any atom is 0.343 e. The van der Waals surface area contributed by atoms with Crippen LogP contribution in [0.5, 0.6) is 0 Å². The summed E-state index contributed by atoms with van der Waals surface area (Å²) < 4.78 is 8.97. The summed E-state index contributed by atoms with van der Waals surface area (Å²) in [6.45, 7) is 0.168. The molecule has 0 saturated carbocycles. The van der Waals surface area contributed by atoms with E-state index in [1.165, 1.54) is 13.4 Å². The molecule has 5 nitrogen and oxygen atoms in total. The zero-order valence-electron chi connectivity index (χ0n) is 6.03. The van der Waals surface area contributed by atoms with Gasteiger partial charge in [0.15, 0.2) is 0 Å². The lowest BCUT2D eigenvalue weighted by Crippen LogP contribution is -2.07. The van der Waals surface area contributed by atoms with Crippen LogP contribution in [0.1, 0.15) is 16.1 Å². The third-order valence-electron chi connectivity index (χ3n) is 1.24. The molecule has 1 rings (SSSR count). The molecular formula is C6H8N2O3. The summed E-state index contributed by atoms with van der Waals surface area (Å²) in [6, 6.07) is 0. The largest absolute Gasteiger partial charge is 0.465 e. The van der Waals surface area contributed by atoms with E-state index < -0.39 is 5.97 Å². The van der Waals surface area contributed by atoms with Crippen molar-refractivity contribution in [1.29, 1.82) is 0 Å².